The molecule has 0 heterocycles. The molecule has 2 N–H and O–H groups in total. The minimum atomic E-state index is -0.904. The SMILES string of the molecule is COCC(NCc1ccc(Br)cc1)C(=O)O. The molecular formula is C11H14BrNO3. The first-order valence-corrected chi connectivity index (χ1v) is 5.62. The van der Waals surface area contributed by atoms with Gasteiger partial charge in [0.1, 0.15) is 6.04 Å². The number of nitrogens with one attached hydrogen (secondary N) is 1. The Bertz CT molecular complexity index is 340. The first-order valence-electron chi connectivity index (χ1n) is 4.83. The summed E-state index contributed by atoms with van der Waals surface area (Å²) in [4.78, 5) is 10.8. The molecule has 0 saturated carbocycles. The minimum Gasteiger partial charge on any atom is -0.480 e. The highest BCUT2D eigenvalue weighted by atomic mass is 79.9. The normalized spacial score (nSPS) is 12.4. The molecule has 0 aliphatic carbocycles. The number of benzene rings is 1. The average Bonchev–Trinajstić information content (AvgIpc) is 2.26. The molecule has 1 aromatic rings. The Morgan fingerprint density at radius 2 is 2.12 bits per heavy atom. The lowest BCUT2D eigenvalue weighted by molar-refractivity contribution is -0.140. The lowest BCUT2D eigenvalue weighted by Crippen LogP contribution is -2.39. The molecule has 0 fully saturated rings. The van der Waals surface area contributed by atoms with Crippen molar-refractivity contribution in [1.82, 2.24) is 5.32 Å². The number of carboxylic acid groups (broad SMARTS) is 1. The highest BCUT2D eigenvalue weighted by Gasteiger charge is 2.15. The molecule has 1 unspecified atom stereocenters. The molecule has 0 saturated heterocycles. The fourth-order valence-corrected chi connectivity index (χ4v) is 1.49. The van der Waals surface area contributed by atoms with Crippen molar-refractivity contribution in [2.24, 2.45) is 0 Å². The van der Waals surface area contributed by atoms with Crippen LogP contribution in [0, 0.1) is 0 Å². The average molecular weight is 288 g/mol. The molecular weight excluding hydrogens is 274 g/mol. The van der Waals surface area contributed by atoms with Crippen molar-refractivity contribution in [3.8, 4) is 0 Å². The second-order valence-corrected chi connectivity index (χ2v) is 4.27. The Balaban J connectivity index is 2.48. The maximum Gasteiger partial charge on any atom is 0.323 e. The van der Waals surface area contributed by atoms with Crippen LogP contribution in [0.15, 0.2) is 28.7 Å². The summed E-state index contributed by atoms with van der Waals surface area (Å²) in [6.45, 7) is 0.666. The highest BCUT2D eigenvalue weighted by molar-refractivity contribution is 9.10. The molecule has 0 radical (unpaired) electrons. The number of rotatable bonds is 6. The third kappa shape index (κ3) is 4.30. The summed E-state index contributed by atoms with van der Waals surface area (Å²) >= 11 is 3.34. The van der Waals surface area contributed by atoms with Crippen LogP contribution in [-0.4, -0.2) is 30.8 Å². The Kier molecular flexibility index (Phi) is 5.45. The van der Waals surface area contributed by atoms with E-state index in [0.29, 0.717) is 6.54 Å². The van der Waals surface area contributed by atoms with Crippen molar-refractivity contribution in [2.45, 2.75) is 12.6 Å². The Morgan fingerprint density at radius 1 is 1.50 bits per heavy atom. The van der Waals surface area contributed by atoms with Crippen LogP contribution in [0.25, 0.3) is 0 Å². The zero-order valence-electron chi connectivity index (χ0n) is 8.94. The molecule has 0 spiro atoms. The van der Waals surface area contributed by atoms with Crippen molar-refractivity contribution in [3.05, 3.63) is 34.3 Å². The van der Waals surface area contributed by atoms with E-state index in [4.69, 9.17) is 9.84 Å². The molecule has 88 valence electrons. The zero-order chi connectivity index (χ0) is 12.0. The van der Waals surface area contributed by atoms with Gasteiger partial charge in [0.15, 0.2) is 0 Å². The largest absolute Gasteiger partial charge is 0.480 e. The fraction of sp³-hybridized carbons (Fsp3) is 0.364. The van der Waals surface area contributed by atoms with Gasteiger partial charge in [-0.1, -0.05) is 28.1 Å². The first-order chi connectivity index (χ1) is 7.63. The Morgan fingerprint density at radius 3 is 2.62 bits per heavy atom. The summed E-state index contributed by atoms with van der Waals surface area (Å²) in [5, 5.41) is 11.8. The van der Waals surface area contributed by atoms with E-state index in [0.717, 1.165) is 10.0 Å². The predicted octanol–water partition coefficient (Wildman–Crippen LogP) is 1.64. The molecule has 0 aliphatic rings. The van der Waals surface area contributed by atoms with Gasteiger partial charge >= 0.3 is 5.97 Å². The van der Waals surface area contributed by atoms with E-state index in [1.54, 1.807) is 0 Å². The third-order valence-electron chi connectivity index (χ3n) is 2.10. The molecule has 4 nitrogen and oxygen atoms in total. The van der Waals surface area contributed by atoms with Crippen molar-refractivity contribution in [2.75, 3.05) is 13.7 Å². The van der Waals surface area contributed by atoms with Crippen molar-refractivity contribution in [1.29, 1.82) is 0 Å². The maximum absolute atomic E-state index is 10.8. The molecule has 5 heteroatoms. The van der Waals surface area contributed by atoms with E-state index in [9.17, 15) is 4.79 Å². The summed E-state index contributed by atoms with van der Waals surface area (Å²) in [5.41, 5.74) is 1.03. The minimum absolute atomic E-state index is 0.159. The molecule has 0 bridgehead atoms. The number of aliphatic carboxylic acids is 1. The summed E-state index contributed by atoms with van der Waals surface area (Å²) in [5.74, 6) is -0.904. The van der Waals surface area contributed by atoms with Crippen molar-refractivity contribution >= 4 is 21.9 Å². The van der Waals surface area contributed by atoms with Gasteiger partial charge in [-0.05, 0) is 17.7 Å². The molecule has 0 aliphatic heterocycles. The molecule has 0 aromatic heterocycles. The zero-order valence-corrected chi connectivity index (χ0v) is 10.5. The van der Waals surface area contributed by atoms with E-state index < -0.39 is 12.0 Å². The van der Waals surface area contributed by atoms with Gasteiger partial charge in [0.05, 0.1) is 6.61 Å². The number of ether oxygens (including phenoxy) is 1. The summed E-state index contributed by atoms with van der Waals surface area (Å²) in [6.07, 6.45) is 0. The summed E-state index contributed by atoms with van der Waals surface area (Å²) in [7, 11) is 1.48. The molecule has 0 amide bonds. The van der Waals surface area contributed by atoms with Gasteiger partial charge in [-0.25, -0.2) is 0 Å². The van der Waals surface area contributed by atoms with E-state index in [2.05, 4.69) is 21.2 Å². The number of hydrogen-bond donors (Lipinski definition) is 2. The molecule has 16 heavy (non-hydrogen) atoms. The Labute approximate surface area is 103 Å². The smallest absolute Gasteiger partial charge is 0.323 e. The second kappa shape index (κ2) is 6.62. The van der Waals surface area contributed by atoms with Crippen molar-refractivity contribution < 1.29 is 14.6 Å². The van der Waals surface area contributed by atoms with Crippen LogP contribution in [-0.2, 0) is 16.1 Å². The number of halogens is 1. The fourth-order valence-electron chi connectivity index (χ4n) is 1.23. The monoisotopic (exact) mass is 287 g/mol. The first kappa shape index (κ1) is 13.2. The predicted molar refractivity (Wildman–Crippen MR) is 64.3 cm³/mol. The quantitative estimate of drug-likeness (QED) is 0.835. The van der Waals surface area contributed by atoms with Gasteiger partial charge in [0.2, 0.25) is 0 Å². The van der Waals surface area contributed by atoms with Crippen LogP contribution >= 0.6 is 15.9 Å². The number of carbonyl (C=O) groups is 1. The van der Waals surface area contributed by atoms with Crippen LogP contribution in [0.5, 0.6) is 0 Å². The highest BCUT2D eigenvalue weighted by Crippen LogP contribution is 2.10. The molecule has 1 atom stereocenters. The van der Waals surface area contributed by atoms with Crippen molar-refractivity contribution in [3.63, 3.8) is 0 Å². The van der Waals surface area contributed by atoms with E-state index in [-0.39, 0.29) is 6.61 Å². The van der Waals surface area contributed by atoms with E-state index in [1.807, 2.05) is 24.3 Å². The van der Waals surface area contributed by atoms with Gasteiger partial charge < -0.3 is 9.84 Å². The lowest BCUT2D eigenvalue weighted by atomic mass is 10.2. The molecule has 1 aromatic carbocycles. The Hall–Kier alpha value is -0.910. The number of hydrogen-bond acceptors (Lipinski definition) is 3. The summed E-state index contributed by atoms with van der Waals surface area (Å²) < 4.78 is 5.82. The number of methoxy groups -OCH3 is 1. The molecule has 1 rings (SSSR count). The van der Waals surface area contributed by atoms with Gasteiger partial charge in [-0.2, -0.15) is 0 Å². The van der Waals surface area contributed by atoms with E-state index in [1.165, 1.54) is 7.11 Å². The van der Waals surface area contributed by atoms with Gasteiger partial charge in [0.25, 0.3) is 0 Å². The van der Waals surface area contributed by atoms with Gasteiger partial charge in [-0.3, -0.25) is 10.1 Å². The van der Waals surface area contributed by atoms with Gasteiger partial charge in [0, 0.05) is 18.1 Å². The lowest BCUT2D eigenvalue weighted by Gasteiger charge is -2.13. The van der Waals surface area contributed by atoms with Gasteiger partial charge in [-0.15, -0.1) is 0 Å². The van der Waals surface area contributed by atoms with Crippen LogP contribution in [0.3, 0.4) is 0 Å². The van der Waals surface area contributed by atoms with Crippen LogP contribution in [0.1, 0.15) is 5.56 Å². The van der Waals surface area contributed by atoms with E-state index >= 15 is 0 Å². The van der Waals surface area contributed by atoms with Crippen LogP contribution in [0.2, 0.25) is 0 Å². The summed E-state index contributed by atoms with van der Waals surface area (Å²) in [6, 6.07) is 7.03. The maximum atomic E-state index is 10.8. The van der Waals surface area contributed by atoms with Crippen LogP contribution < -0.4 is 5.32 Å². The third-order valence-corrected chi connectivity index (χ3v) is 2.63. The number of carboxylic acids is 1. The van der Waals surface area contributed by atoms with Crippen LogP contribution in [0.4, 0.5) is 0 Å². The standard InChI is InChI=1S/C11H14BrNO3/c1-16-7-10(11(14)15)13-6-8-2-4-9(12)5-3-8/h2-5,10,13H,6-7H2,1H3,(H,14,15). The topological polar surface area (TPSA) is 58.6 Å². The second-order valence-electron chi connectivity index (χ2n) is 3.35.